The second kappa shape index (κ2) is 11.1. The molecular formula is C24H35NO2. The van der Waals surface area contributed by atoms with E-state index < -0.39 is 6.10 Å². The van der Waals surface area contributed by atoms with E-state index in [9.17, 15) is 5.11 Å². The van der Waals surface area contributed by atoms with Gasteiger partial charge in [-0.2, -0.15) is 0 Å². The molecule has 0 amide bonds. The normalized spacial score (nSPS) is 12.7. The van der Waals surface area contributed by atoms with Gasteiger partial charge in [0.05, 0.1) is 0 Å². The predicted molar refractivity (Wildman–Crippen MR) is 114 cm³/mol. The highest BCUT2D eigenvalue weighted by atomic mass is 16.5. The molecule has 0 fully saturated rings. The number of rotatable bonds is 12. The predicted octanol–water partition coefficient (Wildman–Crippen LogP) is 4.92. The number of aliphatic hydroxyl groups excluding tert-OH is 1. The standard InChI is InChI=1S/C24H35NO2/c1-4-5-6-10-17-25-18-22(26)19-27-23-15-13-21(14-16-23)24(2,3)20-11-8-7-9-12-20/h7-9,11-16,22,25-26H,4-6,10,17-19H2,1-3H3/t22-/m1/s1. The zero-order valence-corrected chi connectivity index (χ0v) is 17.1. The second-order valence-electron chi connectivity index (χ2n) is 7.75. The molecule has 2 aromatic carbocycles. The van der Waals surface area contributed by atoms with E-state index in [2.05, 4.69) is 62.5 Å². The Morgan fingerprint density at radius 2 is 1.59 bits per heavy atom. The summed E-state index contributed by atoms with van der Waals surface area (Å²) in [4.78, 5) is 0. The summed E-state index contributed by atoms with van der Waals surface area (Å²) in [5.74, 6) is 0.796. The van der Waals surface area contributed by atoms with Gasteiger partial charge in [0.2, 0.25) is 0 Å². The first-order chi connectivity index (χ1) is 13.0. The molecule has 0 aliphatic heterocycles. The molecule has 3 nitrogen and oxygen atoms in total. The lowest BCUT2D eigenvalue weighted by Gasteiger charge is -2.26. The highest BCUT2D eigenvalue weighted by molar-refractivity contribution is 5.39. The van der Waals surface area contributed by atoms with Crippen LogP contribution in [0.15, 0.2) is 54.6 Å². The monoisotopic (exact) mass is 369 g/mol. The minimum Gasteiger partial charge on any atom is -0.491 e. The van der Waals surface area contributed by atoms with Crippen LogP contribution < -0.4 is 10.1 Å². The first-order valence-corrected chi connectivity index (χ1v) is 10.2. The molecule has 0 aromatic heterocycles. The van der Waals surface area contributed by atoms with Crippen LogP contribution in [0.3, 0.4) is 0 Å². The van der Waals surface area contributed by atoms with Crippen molar-refractivity contribution in [2.24, 2.45) is 0 Å². The van der Waals surface area contributed by atoms with E-state index in [1.165, 1.54) is 36.8 Å². The summed E-state index contributed by atoms with van der Waals surface area (Å²) in [6, 6.07) is 18.7. The maximum Gasteiger partial charge on any atom is 0.119 e. The third kappa shape index (κ3) is 7.00. The Morgan fingerprint density at radius 1 is 0.926 bits per heavy atom. The van der Waals surface area contributed by atoms with E-state index in [4.69, 9.17) is 4.74 Å². The Balaban J connectivity index is 1.77. The number of hydrogen-bond donors (Lipinski definition) is 2. The SMILES string of the molecule is CCCCCCNC[C@@H](O)COc1ccc(C(C)(C)c2ccccc2)cc1. The largest absolute Gasteiger partial charge is 0.491 e. The second-order valence-corrected chi connectivity index (χ2v) is 7.75. The van der Waals surface area contributed by atoms with Crippen LogP contribution in [0.4, 0.5) is 0 Å². The molecule has 2 N–H and O–H groups in total. The maximum atomic E-state index is 10.1. The van der Waals surface area contributed by atoms with Crippen LogP contribution in [-0.4, -0.2) is 30.9 Å². The van der Waals surface area contributed by atoms with Crippen molar-refractivity contribution in [3.63, 3.8) is 0 Å². The van der Waals surface area contributed by atoms with Gasteiger partial charge in [-0.1, -0.05) is 82.5 Å². The lowest BCUT2D eigenvalue weighted by molar-refractivity contribution is 0.106. The Bertz CT molecular complexity index is 637. The summed E-state index contributed by atoms with van der Waals surface area (Å²) >= 11 is 0. The quantitative estimate of drug-likeness (QED) is 0.522. The Kier molecular flexibility index (Phi) is 8.83. The lowest BCUT2D eigenvalue weighted by Crippen LogP contribution is -2.32. The van der Waals surface area contributed by atoms with Gasteiger partial charge in [-0.15, -0.1) is 0 Å². The van der Waals surface area contributed by atoms with E-state index in [-0.39, 0.29) is 5.41 Å². The van der Waals surface area contributed by atoms with Gasteiger partial charge in [0.1, 0.15) is 18.5 Å². The van der Waals surface area contributed by atoms with Crippen LogP contribution in [0, 0.1) is 0 Å². The van der Waals surface area contributed by atoms with Crippen LogP contribution in [0.1, 0.15) is 57.6 Å². The first kappa shape index (κ1) is 21.5. The molecule has 148 valence electrons. The number of unbranched alkanes of at least 4 members (excludes halogenated alkanes) is 3. The number of hydrogen-bond acceptors (Lipinski definition) is 3. The average molecular weight is 370 g/mol. The van der Waals surface area contributed by atoms with E-state index in [0.29, 0.717) is 13.2 Å². The van der Waals surface area contributed by atoms with Crippen LogP contribution in [0.25, 0.3) is 0 Å². The van der Waals surface area contributed by atoms with Crippen LogP contribution in [0.5, 0.6) is 5.75 Å². The van der Waals surface area contributed by atoms with Crippen molar-refractivity contribution >= 4 is 0 Å². The molecule has 0 bridgehead atoms. The van der Waals surface area contributed by atoms with E-state index in [1.54, 1.807) is 0 Å². The fourth-order valence-electron chi connectivity index (χ4n) is 3.19. The topological polar surface area (TPSA) is 41.5 Å². The summed E-state index contributed by atoms with van der Waals surface area (Å²) in [6.45, 7) is 8.51. The maximum absolute atomic E-state index is 10.1. The van der Waals surface area contributed by atoms with Gasteiger partial charge in [0.15, 0.2) is 0 Å². The molecule has 1 atom stereocenters. The molecule has 27 heavy (non-hydrogen) atoms. The molecule has 2 rings (SSSR count). The van der Waals surface area contributed by atoms with Gasteiger partial charge in [0, 0.05) is 12.0 Å². The third-order valence-corrected chi connectivity index (χ3v) is 5.10. The average Bonchev–Trinajstić information content (AvgIpc) is 2.70. The van der Waals surface area contributed by atoms with Crippen molar-refractivity contribution in [1.29, 1.82) is 0 Å². The van der Waals surface area contributed by atoms with E-state index in [1.807, 2.05) is 18.2 Å². The number of aliphatic hydroxyl groups is 1. The summed E-state index contributed by atoms with van der Waals surface area (Å²) in [6.07, 6.45) is 4.46. The molecule has 0 saturated heterocycles. The van der Waals surface area contributed by atoms with Gasteiger partial charge in [-0.3, -0.25) is 0 Å². The molecule has 0 spiro atoms. The fraction of sp³-hybridized carbons (Fsp3) is 0.500. The highest BCUT2D eigenvalue weighted by Crippen LogP contribution is 2.32. The summed E-state index contributed by atoms with van der Waals surface area (Å²) < 4.78 is 5.75. The van der Waals surface area contributed by atoms with Crippen LogP contribution in [-0.2, 0) is 5.41 Å². The van der Waals surface area contributed by atoms with Gasteiger partial charge in [-0.25, -0.2) is 0 Å². The molecule has 0 saturated carbocycles. The summed E-state index contributed by atoms with van der Waals surface area (Å²) in [5.41, 5.74) is 2.48. The van der Waals surface area contributed by atoms with Crippen molar-refractivity contribution in [2.45, 2.75) is 58.0 Å². The summed E-state index contributed by atoms with van der Waals surface area (Å²) in [7, 11) is 0. The highest BCUT2D eigenvalue weighted by Gasteiger charge is 2.22. The third-order valence-electron chi connectivity index (χ3n) is 5.10. The zero-order valence-electron chi connectivity index (χ0n) is 17.1. The Morgan fingerprint density at radius 3 is 2.26 bits per heavy atom. The molecule has 2 aromatic rings. The van der Waals surface area contributed by atoms with Crippen LogP contribution >= 0.6 is 0 Å². The number of nitrogens with one attached hydrogen (secondary N) is 1. The minimum atomic E-state index is -0.489. The Labute approximate surface area is 164 Å². The molecular weight excluding hydrogens is 334 g/mol. The first-order valence-electron chi connectivity index (χ1n) is 10.2. The van der Waals surface area contributed by atoms with E-state index in [0.717, 1.165) is 12.3 Å². The molecule has 0 heterocycles. The fourth-order valence-corrected chi connectivity index (χ4v) is 3.19. The molecule has 0 aliphatic rings. The molecule has 3 heteroatoms. The lowest BCUT2D eigenvalue weighted by atomic mass is 9.78. The molecule has 0 aliphatic carbocycles. The van der Waals surface area contributed by atoms with Crippen molar-refractivity contribution in [1.82, 2.24) is 5.32 Å². The zero-order chi connectivity index (χ0) is 19.5. The van der Waals surface area contributed by atoms with Gasteiger partial charge in [-0.05, 0) is 36.2 Å². The minimum absolute atomic E-state index is 0.0546. The van der Waals surface area contributed by atoms with Gasteiger partial charge in [0.25, 0.3) is 0 Å². The van der Waals surface area contributed by atoms with E-state index >= 15 is 0 Å². The van der Waals surface area contributed by atoms with Gasteiger partial charge < -0.3 is 15.2 Å². The summed E-state index contributed by atoms with van der Waals surface area (Å²) in [5, 5.41) is 13.4. The van der Waals surface area contributed by atoms with Gasteiger partial charge >= 0.3 is 0 Å². The van der Waals surface area contributed by atoms with Crippen LogP contribution in [0.2, 0.25) is 0 Å². The van der Waals surface area contributed by atoms with Crippen molar-refractivity contribution in [3.05, 3.63) is 65.7 Å². The molecule has 0 unspecified atom stereocenters. The van der Waals surface area contributed by atoms with Crippen molar-refractivity contribution < 1.29 is 9.84 Å². The smallest absolute Gasteiger partial charge is 0.119 e. The number of benzene rings is 2. The van der Waals surface area contributed by atoms with Crippen molar-refractivity contribution in [3.8, 4) is 5.75 Å². The van der Waals surface area contributed by atoms with Crippen molar-refractivity contribution in [2.75, 3.05) is 19.7 Å². The molecule has 0 radical (unpaired) electrons. The Hall–Kier alpha value is -1.84. The number of ether oxygens (including phenoxy) is 1.